The lowest BCUT2D eigenvalue weighted by Crippen LogP contribution is -2.71. The zero-order valence-corrected chi connectivity index (χ0v) is 76.1. The number of alkyl halides is 3. The number of halogens is 3. The Bertz CT molecular complexity index is 6750. The molecule has 0 unspecified atom stereocenters. The van der Waals surface area contributed by atoms with Gasteiger partial charge in [-0.2, -0.15) is 13.2 Å². The van der Waals surface area contributed by atoms with E-state index in [2.05, 4.69) is 236 Å². The molecular weight excluding hydrogens is 1640 g/mol. The molecule has 0 saturated carbocycles. The van der Waals surface area contributed by atoms with Gasteiger partial charge in [0.05, 0.1) is 29.2 Å². The van der Waals surface area contributed by atoms with Gasteiger partial charge in [-0.1, -0.05) is 279 Å². The summed E-state index contributed by atoms with van der Waals surface area (Å²) in [5, 5.41) is 15.2. The van der Waals surface area contributed by atoms with Gasteiger partial charge in [-0.3, -0.25) is 4.98 Å². The van der Waals surface area contributed by atoms with E-state index >= 15 is 0 Å². The Labute approximate surface area is 748 Å². The zero-order valence-electron chi connectivity index (χ0n) is 69.4. The fourth-order valence-corrected chi connectivity index (χ4v) is 28.5. The second kappa shape index (κ2) is 40.0. The van der Waals surface area contributed by atoms with Crippen LogP contribution in [-0.2, 0) is 13.1 Å². The molecule has 22 heteroatoms. The minimum Gasteiger partial charge on any atom is -0.625 e. The maximum Gasteiger partial charge on any atom is 0.881 e. The first-order chi connectivity index (χ1) is 60.3. The molecule has 0 bridgehead atoms. The quantitative estimate of drug-likeness (QED) is 0.0364. The predicted octanol–water partition coefficient (Wildman–Crippen LogP) is 20.5. The number of rotatable bonds is 22. The summed E-state index contributed by atoms with van der Waals surface area (Å²) in [4.78, 5) is 21.9. The molecule has 0 spiro atoms. The van der Waals surface area contributed by atoms with Gasteiger partial charge in [0.15, 0.2) is 5.69 Å². The van der Waals surface area contributed by atoms with Crippen molar-refractivity contribution in [2.24, 2.45) is 0 Å². The lowest BCUT2D eigenvalue weighted by atomic mass is 10.1. The van der Waals surface area contributed by atoms with Crippen LogP contribution in [0.1, 0.15) is 50.6 Å². The Kier molecular flexibility index (Phi) is 28.0. The number of fused-ring (bicyclic) bond motifs is 6. The molecule has 18 rings (SSSR count). The summed E-state index contributed by atoms with van der Waals surface area (Å²) in [6.45, 7) is 23.5. The SMILES string of the molecule is Cc1ccc2cc(C(F)(F)F)cc([O][Al][O]c3ccc4ccccc4c3)c2n1.Cc1ccc2cccc([O][Al][O][Si](c3ccccc3)(c3ccccc3)c3ccc4ccccc4c3)c2n1.Cc1ccc2cccc([O][Al][O][Si](c3ccccc3C)(c3ccccc3C)c3ccccc3C)c2n1.[C-]#[N+]c1ccc([O][Al][O]c2ccccc2C)c2nc(C)ccc12. The molecule has 4 heterocycles. The number of hydrogen-bond acceptors (Lipinski definition) is 12. The number of benzene rings is 14. The first-order valence-corrected chi connectivity index (χ1v) is 47.9. The van der Waals surface area contributed by atoms with E-state index in [0.717, 1.165) is 90.0 Å². The van der Waals surface area contributed by atoms with Crippen molar-refractivity contribution in [1.29, 1.82) is 0 Å². The van der Waals surface area contributed by atoms with Crippen LogP contribution in [0, 0.1) is 62.0 Å². The zero-order chi connectivity index (χ0) is 86.2. The van der Waals surface area contributed by atoms with E-state index in [1.54, 1.807) is 31.2 Å². The van der Waals surface area contributed by atoms with Crippen LogP contribution >= 0.6 is 0 Å². The topological polar surface area (TPSA) is 130 Å². The molecule has 0 aliphatic rings. The van der Waals surface area contributed by atoms with Crippen LogP contribution in [0.5, 0.6) is 34.5 Å². The van der Waals surface area contributed by atoms with Crippen molar-refractivity contribution < 1.29 is 42.9 Å². The second-order valence-corrected chi connectivity index (χ2v) is 39.9. The molecule has 18 aromatic rings. The Morgan fingerprint density at radius 1 is 0.282 bits per heavy atom. The van der Waals surface area contributed by atoms with Crippen LogP contribution in [0.25, 0.3) is 70.0 Å². The molecule has 4 aromatic heterocycles. The molecule has 0 saturated heterocycles. The summed E-state index contributed by atoms with van der Waals surface area (Å²) in [7, 11) is -5.78. The van der Waals surface area contributed by atoms with E-state index in [-0.39, 0.29) is 5.75 Å². The largest absolute Gasteiger partial charge is 0.881 e. The van der Waals surface area contributed by atoms with Gasteiger partial charge in [-0.25, -0.2) is 19.8 Å². The number of nitrogens with zero attached hydrogens (tertiary/aromatic N) is 5. The summed E-state index contributed by atoms with van der Waals surface area (Å²) in [5.41, 5.74) is 11.0. The van der Waals surface area contributed by atoms with E-state index in [1.807, 2.05) is 143 Å². The molecule has 0 N–H and O–H groups in total. The standard InChI is InChI=1S/C22H17OSi.C21H21OSi.C11H8F3NO.C11H8N2O.2C10H9NO.C10H8O.C7H8O.4Al/c23-24(20-11-3-1-4-12-20,21-13-5-2-6-14-21)22-16-15-18-9-7-8-10-19(18)17-22;1-16-10-4-7-13-19(16)23(22,20-14-8-5-11-17(20)2)21-15-9-6-12-18(21)3;1-6-2-3-7-4-8(11(12,13)14)5-9(16)10(7)15-6;1-7-3-4-8-9(12-2)5-6-10(14)11(8)13-7;2*1-7-5-6-8-3-2-4-9(12)10(8)11-7;11-10-6-5-8-3-1-2-4-9(8)7-10;1-6-4-2-3-5-7(6)8;;;;/h1-17H;4-15H,1-3H3;2-5,16H,1H3;3-6,14H,1H3;2*2-6,12H,1H3;1-7,11H;2-5,8H,1H3;;;;/q2*-1;;;;;;;4*+2/p-6. The van der Waals surface area contributed by atoms with Crippen LogP contribution < -0.4 is 53.9 Å². The number of pyridine rings is 4. The summed E-state index contributed by atoms with van der Waals surface area (Å²) in [5.74, 6) is 3.69. The highest BCUT2D eigenvalue weighted by Gasteiger charge is 2.46. The fraction of sp³-hybridized carbons (Fsp3) is 0.0882. The fourth-order valence-electron chi connectivity index (χ4n) is 15.1. The lowest BCUT2D eigenvalue weighted by Gasteiger charge is -2.37. The van der Waals surface area contributed by atoms with Crippen molar-refractivity contribution in [3.63, 3.8) is 0 Å². The van der Waals surface area contributed by atoms with Gasteiger partial charge in [0.25, 0.3) is 16.6 Å². The maximum absolute atomic E-state index is 13.2. The molecular formula is C102H82Al4F3N5O8Si2. The number of hydrogen-bond donors (Lipinski definition) is 0. The first-order valence-electron chi connectivity index (χ1n) is 40.3. The van der Waals surface area contributed by atoms with Crippen molar-refractivity contribution in [2.75, 3.05) is 0 Å². The third-order valence-corrected chi connectivity index (χ3v) is 34.4. The van der Waals surface area contributed by atoms with E-state index in [1.165, 1.54) is 58.6 Å². The molecule has 14 aromatic carbocycles. The van der Waals surface area contributed by atoms with Crippen LogP contribution in [0.3, 0.4) is 0 Å². The Morgan fingerprint density at radius 3 is 1.19 bits per heavy atom. The minimum atomic E-state index is -4.47. The van der Waals surface area contributed by atoms with E-state index in [4.69, 9.17) is 46.2 Å². The van der Waals surface area contributed by atoms with Gasteiger partial charge < -0.3 is 29.7 Å². The molecule has 0 aliphatic heterocycles. The van der Waals surface area contributed by atoms with Crippen LogP contribution in [0.4, 0.5) is 18.9 Å². The van der Waals surface area contributed by atoms with Crippen molar-refractivity contribution in [3.8, 4) is 34.5 Å². The van der Waals surface area contributed by atoms with Gasteiger partial charge in [-0.15, -0.1) is 0 Å². The van der Waals surface area contributed by atoms with Crippen LogP contribution in [-0.4, -0.2) is 100 Å². The summed E-state index contributed by atoms with van der Waals surface area (Å²) < 4.78 is 89.6. The number of aryl methyl sites for hydroxylation is 8. The average Bonchev–Trinajstić information content (AvgIpc) is 0.738. The third-order valence-electron chi connectivity index (χ3n) is 21.3. The first kappa shape index (κ1) is 86.7. The van der Waals surface area contributed by atoms with Crippen LogP contribution in [0.15, 0.2) is 352 Å². The van der Waals surface area contributed by atoms with Gasteiger partial charge in [-0.05, 0) is 203 Å². The molecule has 0 aliphatic carbocycles. The Balaban J connectivity index is 0.000000130. The van der Waals surface area contributed by atoms with Crippen molar-refractivity contribution in [3.05, 3.63) is 414 Å². The highest BCUT2D eigenvalue weighted by molar-refractivity contribution is 7.09. The maximum atomic E-state index is 13.2. The summed E-state index contributed by atoms with van der Waals surface area (Å²) in [6.07, 6.45) is -4.47. The van der Waals surface area contributed by atoms with Crippen molar-refractivity contribution >= 4 is 182 Å². The normalized spacial score (nSPS) is 11.2. The second-order valence-electron chi connectivity index (χ2n) is 29.8. The van der Waals surface area contributed by atoms with Gasteiger partial charge in [0.2, 0.25) is 0 Å². The molecule has 4 radical (unpaired) electrons. The molecule has 0 amide bonds. The summed E-state index contributed by atoms with van der Waals surface area (Å²) in [6, 6.07) is 117. The molecule has 0 atom stereocenters. The average molecular weight is 1730 g/mol. The lowest BCUT2D eigenvalue weighted by molar-refractivity contribution is -0.137. The molecule has 124 heavy (non-hydrogen) atoms. The molecule has 0 fully saturated rings. The predicted molar refractivity (Wildman–Crippen MR) is 501 cm³/mol. The van der Waals surface area contributed by atoms with Crippen LogP contribution in [0.2, 0.25) is 0 Å². The van der Waals surface area contributed by atoms with E-state index in [9.17, 15) is 13.2 Å². The molecule has 13 nitrogen and oxygen atoms in total. The Morgan fingerprint density at radius 2 is 0.669 bits per heavy atom. The van der Waals surface area contributed by atoms with E-state index < -0.39 is 91.9 Å². The van der Waals surface area contributed by atoms with E-state index in [0.29, 0.717) is 39.3 Å². The van der Waals surface area contributed by atoms with Gasteiger partial charge >= 0.3 is 69.7 Å². The van der Waals surface area contributed by atoms with Gasteiger partial charge in [0.1, 0.15) is 39.5 Å². The smallest absolute Gasteiger partial charge is 0.625 e. The minimum absolute atomic E-state index is 0.0734. The van der Waals surface area contributed by atoms with Crippen molar-refractivity contribution in [2.45, 2.75) is 61.6 Å². The van der Waals surface area contributed by atoms with Gasteiger partial charge in [0, 0.05) is 44.3 Å². The van der Waals surface area contributed by atoms with Crippen molar-refractivity contribution in [1.82, 2.24) is 19.9 Å². The summed E-state index contributed by atoms with van der Waals surface area (Å²) >= 11 is -3.42. The number of aromatic nitrogens is 4. The third kappa shape index (κ3) is 20.0. The molecule has 604 valence electrons. The monoisotopic (exact) mass is 1730 g/mol. The Hall–Kier alpha value is -12.2. The highest BCUT2D eigenvalue weighted by Crippen LogP contribution is 2.38. The highest BCUT2D eigenvalue weighted by atomic mass is 28.4. The number of para-hydroxylation sites is 3.